The van der Waals surface area contributed by atoms with Gasteiger partial charge in [-0.15, -0.1) is 0 Å². The van der Waals surface area contributed by atoms with Crippen LogP contribution in [0.4, 0.5) is 8.78 Å². The monoisotopic (exact) mass is 350 g/mol. The summed E-state index contributed by atoms with van der Waals surface area (Å²) in [5, 5.41) is 9.57. The van der Waals surface area contributed by atoms with Crippen molar-refractivity contribution in [3.63, 3.8) is 0 Å². The Kier molecular flexibility index (Phi) is 4.05. The quantitative estimate of drug-likeness (QED) is 0.857. The fraction of sp³-hybridized carbons (Fsp3) is 0.167. The molecule has 0 spiro atoms. The molecule has 0 aromatic heterocycles. The lowest BCUT2D eigenvalue weighted by Crippen LogP contribution is -2.41. The zero-order valence-electron chi connectivity index (χ0n) is 12.6. The van der Waals surface area contributed by atoms with E-state index in [0.29, 0.717) is 23.1 Å². The number of aliphatic carboxylic acids is 1. The first-order chi connectivity index (χ1) is 11.3. The van der Waals surface area contributed by atoms with Gasteiger partial charge in [-0.25, -0.2) is 13.6 Å². The molecular weight excluding hydrogens is 338 g/mol. The van der Waals surface area contributed by atoms with E-state index in [0.717, 1.165) is 5.56 Å². The Labute approximate surface area is 142 Å². The Balaban J connectivity index is 2.14. The molecule has 6 heteroatoms. The molecular formula is C18H13ClF2O3. The second-order valence-corrected chi connectivity index (χ2v) is 6.00. The number of hydrogen-bond donors (Lipinski definition) is 1. The molecule has 3 nitrogen and oxygen atoms in total. The summed E-state index contributed by atoms with van der Waals surface area (Å²) in [5.74, 6) is -4.61. The Morgan fingerprint density at radius 3 is 2.50 bits per heavy atom. The Morgan fingerprint density at radius 1 is 1.25 bits per heavy atom. The Bertz CT molecular complexity index is 826. The lowest BCUT2D eigenvalue weighted by molar-refractivity contribution is -0.137. The van der Waals surface area contributed by atoms with E-state index < -0.39 is 23.6 Å². The Morgan fingerprint density at radius 2 is 1.92 bits per heavy atom. The zero-order chi connectivity index (χ0) is 17.5. The molecule has 0 amide bonds. The van der Waals surface area contributed by atoms with Crippen LogP contribution in [0.5, 0.6) is 5.75 Å². The molecule has 2 aromatic carbocycles. The zero-order valence-corrected chi connectivity index (χ0v) is 13.3. The summed E-state index contributed by atoms with van der Waals surface area (Å²) in [4.78, 5) is 11.3. The van der Waals surface area contributed by atoms with Crippen molar-refractivity contribution in [2.24, 2.45) is 0 Å². The number of ether oxygens (including phenoxy) is 1. The van der Waals surface area contributed by atoms with Gasteiger partial charge < -0.3 is 9.84 Å². The van der Waals surface area contributed by atoms with E-state index in [4.69, 9.17) is 16.3 Å². The number of rotatable bonds is 3. The van der Waals surface area contributed by atoms with E-state index in [1.54, 1.807) is 6.07 Å². The van der Waals surface area contributed by atoms with E-state index in [1.165, 1.54) is 12.1 Å². The molecule has 124 valence electrons. The Hall–Kier alpha value is -2.40. The molecule has 1 aliphatic heterocycles. The molecule has 0 saturated heterocycles. The number of fused-ring (bicyclic) bond motifs is 1. The minimum absolute atomic E-state index is 0.176. The van der Waals surface area contributed by atoms with Crippen molar-refractivity contribution >= 4 is 23.6 Å². The third-order valence-electron chi connectivity index (χ3n) is 3.73. The topological polar surface area (TPSA) is 46.5 Å². The van der Waals surface area contributed by atoms with Gasteiger partial charge in [0.25, 0.3) is 5.92 Å². The van der Waals surface area contributed by atoms with Crippen molar-refractivity contribution < 1.29 is 23.4 Å². The van der Waals surface area contributed by atoms with Crippen molar-refractivity contribution in [3.8, 4) is 16.9 Å². The standard InChI is InChI=1S/C18H13ClF2O3/c1-18(20,21)16-13(17(22)23)7-11-8-14(19)12(9-15(11)24-16)10-5-3-2-4-6-10/h2-9,16H,1H3,(H,22,23). The van der Waals surface area contributed by atoms with Crippen LogP contribution in [0.25, 0.3) is 17.2 Å². The van der Waals surface area contributed by atoms with E-state index in [2.05, 4.69) is 0 Å². The predicted molar refractivity (Wildman–Crippen MR) is 87.5 cm³/mol. The molecule has 2 aromatic rings. The summed E-state index contributed by atoms with van der Waals surface area (Å²) in [6, 6.07) is 12.3. The van der Waals surface area contributed by atoms with E-state index in [1.807, 2.05) is 30.3 Å². The van der Waals surface area contributed by atoms with Gasteiger partial charge in [-0.2, -0.15) is 0 Å². The highest BCUT2D eigenvalue weighted by atomic mass is 35.5. The van der Waals surface area contributed by atoms with E-state index in [9.17, 15) is 18.7 Å². The molecule has 0 fully saturated rings. The van der Waals surface area contributed by atoms with Crippen molar-refractivity contribution in [3.05, 3.63) is 58.6 Å². The number of hydrogen-bond acceptors (Lipinski definition) is 2. The number of carboxylic acids is 1. The highest BCUT2D eigenvalue weighted by Gasteiger charge is 2.44. The van der Waals surface area contributed by atoms with Crippen LogP contribution in [0.2, 0.25) is 5.02 Å². The summed E-state index contributed by atoms with van der Waals surface area (Å²) in [6.45, 7) is 0.632. The maximum atomic E-state index is 13.8. The molecule has 24 heavy (non-hydrogen) atoms. The molecule has 1 unspecified atom stereocenters. The van der Waals surface area contributed by atoms with Gasteiger partial charge in [-0.1, -0.05) is 41.9 Å². The van der Waals surface area contributed by atoms with Gasteiger partial charge in [-0.05, 0) is 23.8 Å². The average molecular weight is 351 g/mol. The number of benzene rings is 2. The minimum atomic E-state index is -3.34. The molecule has 1 N–H and O–H groups in total. The molecule has 0 radical (unpaired) electrons. The third kappa shape index (κ3) is 2.99. The number of carbonyl (C=O) groups is 1. The second kappa shape index (κ2) is 5.91. The van der Waals surface area contributed by atoms with Crippen LogP contribution in [0.15, 0.2) is 48.0 Å². The van der Waals surface area contributed by atoms with Crippen LogP contribution in [0.3, 0.4) is 0 Å². The van der Waals surface area contributed by atoms with Crippen molar-refractivity contribution in [2.75, 3.05) is 0 Å². The molecule has 0 aliphatic carbocycles. The molecule has 3 rings (SSSR count). The summed E-state index contributed by atoms with van der Waals surface area (Å²) < 4.78 is 32.8. The van der Waals surface area contributed by atoms with Gasteiger partial charge >= 0.3 is 5.97 Å². The lowest BCUT2D eigenvalue weighted by Gasteiger charge is -2.29. The number of carboxylic acid groups (broad SMARTS) is 1. The van der Waals surface area contributed by atoms with Crippen LogP contribution < -0.4 is 4.74 Å². The summed E-state index contributed by atoms with van der Waals surface area (Å²) in [5.41, 5.74) is 1.29. The maximum Gasteiger partial charge on any atom is 0.335 e. The summed E-state index contributed by atoms with van der Waals surface area (Å²) >= 11 is 6.27. The predicted octanol–water partition coefficient (Wildman–Crippen LogP) is 4.89. The average Bonchev–Trinajstić information content (AvgIpc) is 2.53. The maximum absolute atomic E-state index is 13.8. The molecule has 1 aliphatic rings. The first kappa shape index (κ1) is 16.5. The van der Waals surface area contributed by atoms with E-state index in [-0.39, 0.29) is 5.75 Å². The first-order valence-electron chi connectivity index (χ1n) is 7.15. The number of alkyl halides is 2. The van der Waals surface area contributed by atoms with Gasteiger partial charge in [0, 0.05) is 23.1 Å². The smallest absolute Gasteiger partial charge is 0.335 e. The fourth-order valence-corrected chi connectivity index (χ4v) is 2.89. The highest BCUT2D eigenvalue weighted by Crippen LogP contribution is 2.41. The largest absolute Gasteiger partial charge is 0.478 e. The SMILES string of the molecule is CC(F)(F)C1Oc2cc(-c3ccccc3)c(Cl)cc2C=C1C(=O)O. The fourth-order valence-electron chi connectivity index (χ4n) is 2.61. The molecule has 0 bridgehead atoms. The molecule has 1 heterocycles. The first-order valence-corrected chi connectivity index (χ1v) is 7.53. The summed E-state index contributed by atoms with van der Waals surface area (Å²) in [7, 11) is 0. The van der Waals surface area contributed by atoms with Gasteiger partial charge in [0.15, 0.2) is 6.10 Å². The number of halogens is 3. The molecule has 1 atom stereocenters. The van der Waals surface area contributed by atoms with Crippen LogP contribution in [-0.2, 0) is 4.79 Å². The highest BCUT2D eigenvalue weighted by molar-refractivity contribution is 6.33. The van der Waals surface area contributed by atoms with Crippen LogP contribution in [0.1, 0.15) is 12.5 Å². The second-order valence-electron chi connectivity index (χ2n) is 5.59. The molecule has 0 saturated carbocycles. The van der Waals surface area contributed by atoms with Crippen molar-refractivity contribution in [1.29, 1.82) is 0 Å². The minimum Gasteiger partial charge on any atom is -0.478 e. The third-order valence-corrected chi connectivity index (χ3v) is 4.04. The van der Waals surface area contributed by atoms with E-state index >= 15 is 0 Å². The van der Waals surface area contributed by atoms with Crippen molar-refractivity contribution in [2.45, 2.75) is 19.0 Å². The van der Waals surface area contributed by atoms with Crippen LogP contribution in [-0.4, -0.2) is 23.1 Å². The normalized spacial score (nSPS) is 16.8. The van der Waals surface area contributed by atoms with Gasteiger partial charge in [0.05, 0.1) is 5.57 Å². The van der Waals surface area contributed by atoms with Crippen molar-refractivity contribution in [1.82, 2.24) is 0 Å². The van der Waals surface area contributed by atoms with Gasteiger partial charge in [0.1, 0.15) is 5.75 Å². The lowest BCUT2D eigenvalue weighted by atomic mass is 9.95. The van der Waals surface area contributed by atoms with Crippen LogP contribution in [0, 0.1) is 0 Å². The van der Waals surface area contributed by atoms with Crippen LogP contribution >= 0.6 is 11.6 Å². The van der Waals surface area contributed by atoms with Gasteiger partial charge in [0.2, 0.25) is 0 Å². The summed E-state index contributed by atoms with van der Waals surface area (Å²) in [6.07, 6.45) is -0.670. The van der Waals surface area contributed by atoms with Gasteiger partial charge in [-0.3, -0.25) is 0 Å².